The van der Waals surface area contributed by atoms with Gasteiger partial charge >= 0.3 is 0 Å². The lowest BCUT2D eigenvalue weighted by molar-refractivity contribution is 0.147. The van der Waals surface area contributed by atoms with Crippen LogP contribution in [0.2, 0.25) is 0 Å². The van der Waals surface area contributed by atoms with Gasteiger partial charge in [0.2, 0.25) is 0 Å². The van der Waals surface area contributed by atoms with Gasteiger partial charge in [-0.2, -0.15) is 0 Å². The van der Waals surface area contributed by atoms with Gasteiger partial charge in [-0.05, 0) is 47.8 Å². The summed E-state index contributed by atoms with van der Waals surface area (Å²) in [5.74, 6) is 0.218. The summed E-state index contributed by atoms with van der Waals surface area (Å²) in [7, 11) is 0. The molecule has 19 heavy (non-hydrogen) atoms. The minimum Gasteiger partial charge on any atom is -0.508 e. The fourth-order valence-corrected chi connectivity index (χ4v) is 3.15. The topological polar surface area (TPSA) is 40.5 Å². The second-order valence-corrected chi connectivity index (χ2v) is 7.88. The van der Waals surface area contributed by atoms with E-state index < -0.39 is 5.60 Å². The molecular formula is C17H26O2. The van der Waals surface area contributed by atoms with Crippen molar-refractivity contribution in [3.63, 3.8) is 0 Å². The molecule has 2 nitrogen and oxygen atoms in total. The molecule has 1 aliphatic rings. The van der Waals surface area contributed by atoms with Crippen molar-refractivity contribution >= 4 is 0 Å². The largest absolute Gasteiger partial charge is 0.508 e. The highest BCUT2D eigenvalue weighted by Gasteiger charge is 2.44. The van der Waals surface area contributed by atoms with Crippen molar-refractivity contribution < 1.29 is 10.2 Å². The van der Waals surface area contributed by atoms with Crippen LogP contribution in [0.5, 0.6) is 5.75 Å². The van der Waals surface area contributed by atoms with Crippen molar-refractivity contribution in [2.75, 3.05) is 0 Å². The second-order valence-electron chi connectivity index (χ2n) is 7.88. The van der Waals surface area contributed by atoms with Crippen molar-refractivity contribution in [1.82, 2.24) is 0 Å². The van der Waals surface area contributed by atoms with E-state index in [1.165, 1.54) is 5.56 Å². The average Bonchev–Trinajstić information content (AvgIpc) is 2.94. The predicted octanol–water partition coefficient (Wildman–Crippen LogP) is 4.09. The number of phenols is 1. The highest BCUT2D eigenvalue weighted by Crippen LogP contribution is 2.49. The van der Waals surface area contributed by atoms with Crippen LogP contribution in [0.4, 0.5) is 0 Å². The van der Waals surface area contributed by atoms with Gasteiger partial charge in [0.1, 0.15) is 5.75 Å². The van der Waals surface area contributed by atoms with E-state index in [4.69, 9.17) is 0 Å². The molecular weight excluding hydrogens is 236 g/mol. The highest BCUT2D eigenvalue weighted by atomic mass is 16.3. The molecule has 0 aliphatic heterocycles. The standard InChI is InChI=1S/C17H26O2/c1-15(2,3)11-16(4,5)12-6-7-14(18)13(10-12)17(19)8-9-17/h6-7,10,18-19H,8-9,11H2,1-5H3. The van der Waals surface area contributed by atoms with Crippen molar-refractivity contribution in [1.29, 1.82) is 0 Å². The van der Waals surface area contributed by atoms with Gasteiger partial charge in [-0.1, -0.05) is 40.7 Å². The van der Waals surface area contributed by atoms with Crippen LogP contribution in [0.1, 0.15) is 65.0 Å². The summed E-state index contributed by atoms with van der Waals surface area (Å²) in [5, 5.41) is 20.2. The molecule has 0 saturated heterocycles. The van der Waals surface area contributed by atoms with Crippen molar-refractivity contribution in [2.45, 2.75) is 64.9 Å². The molecule has 0 unspecified atom stereocenters. The molecule has 1 fully saturated rings. The van der Waals surface area contributed by atoms with Crippen LogP contribution in [0.15, 0.2) is 18.2 Å². The maximum absolute atomic E-state index is 10.2. The van der Waals surface area contributed by atoms with Crippen LogP contribution in [0.3, 0.4) is 0 Å². The molecule has 2 N–H and O–H groups in total. The van der Waals surface area contributed by atoms with Crippen LogP contribution in [0, 0.1) is 5.41 Å². The van der Waals surface area contributed by atoms with Gasteiger partial charge in [-0.25, -0.2) is 0 Å². The maximum Gasteiger partial charge on any atom is 0.121 e. The summed E-state index contributed by atoms with van der Waals surface area (Å²) in [6.07, 6.45) is 2.57. The minimum atomic E-state index is -0.780. The third-order valence-corrected chi connectivity index (χ3v) is 3.98. The van der Waals surface area contributed by atoms with Crippen LogP contribution < -0.4 is 0 Å². The summed E-state index contributed by atoms with van der Waals surface area (Å²) >= 11 is 0. The first-order chi connectivity index (χ1) is 8.54. The first-order valence-electron chi connectivity index (χ1n) is 7.10. The Balaban J connectivity index is 2.35. The van der Waals surface area contributed by atoms with Gasteiger partial charge in [0, 0.05) is 5.56 Å². The van der Waals surface area contributed by atoms with E-state index in [1.807, 2.05) is 12.1 Å². The third-order valence-electron chi connectivity index (χ3n) is 3.98. The summed E-state index contributed by atoms with van der Waals surface area (Å²) in [5.41, 5.74) is 1.39. The number of hydrogen-bond acceptors (Lipinski definition) is 2. The van der Waals surface area contributed by atoms with Crippen LogP contribution >= 0.6 is 0 Å². The van der Waals surface area contributed by atoms with E-state index in [2.05, 4.69) is 34.6 Å². The molecule has 0 atom stereocenters. The normalized spacial score (nSPS) is 18.4. The molecule has 1 aliphatic carbocycles. The van der Waals surface area contributed by atoms with Gasteiger partial charge in [-0.3, -0.25) is 0 Å². The van der Waals surface area contributed by atoms with Crippen LogP contribution in [-0.4, -0.2) is 10.2 Å². The first kappa shape index (κ1) is 14.4. The van der Waals surface area contributed by atoms with E-state index in [0.29, 0.717) is 5.56 Å². The number of rotatable bonds is 3. The lowest BCUT2D eigenvalue weighted by Gasteiger charge is -2.33. The Kier molecular flexibility index (Phi) is 3.21. The Labute approximate surface area is 116 Å². The monoisotopic (exact) mass is 262 g/mol. The average molecular weight is 262 g/mol. The molecule has 0 amide bonds. The lowest BCUT2D eigenvalue weighted by atomic mass is 9.72. The van der Waals surface area contributed by atoms with Gasteiger partial charge in [-0.15, -0.1) is 0 Å². The van der Waals surface area contributed by atoms with E-state index in [-0.39, 0.29) is 16.6 Å². The molecule has 1 saturated carbocycles. The van der Waals surface area contributed by atoms with E-state index >= 15 is 0 Å². The fourth-order valence-electron chi connectivity index (χ4n) is 3.15. The summed E-state index contributed by atoms with van der Waals surface area (Å²) < 4.78 is 0. The summed E-state index contributed by atoms with van der Waals surface area (Å²) in [6, 6.07) is 5.70. The predicted molar refractivity (Wildman–Crippen MR) is 78.3 cm³/mol. The van der Waals surface area contributed by atoms with E-state index in [9.17, 15) is 10.2 Å². The minimum absolute atomic E-state index is 0.0337. The zero-order chi connectivity index (χ0) is 14.5. The van der Waals surface area contributed by atoms with E-state index in [0.717, 1.165) is 19.3 Å². The molecule has 0 radical (unpaired) electrons. The highest BCUT2D eigenvalue weighted by molar-refractivity contribution is 5.44. The quantitative estimate of drug-likeness (QED) is 0.861. The lowest BCUT2D eigenvalue weighted by Crippen LogP contribution is -2.25. The number of phenolic OH excluding ortho intramolecular Hbond substituents is 1. The maximum atomic E-state index is 10.2. The van der Waals surface area contributed by atoms with Crippen molar-refractivity contribution in [2.24, 2.45) is 5.41 Å². The zero-order valence-corrected chi connectivity index (χ0v) is 12.7. The number of hydrogen-bond donors (Lipinski definition) is 2. The second kappa shape index (κ2) is 4.24. The van der Waals surface area contributed by atoms with E-state index in [1.54, 1.807) is 6.07 Å². The Bertz CT molecular complexity index is 477. The molecule has 2 rings (SSSR count). The number of aromatic hydroxyl groups is 1. The molecule has 106 valence electrons. The zero-order valence-electron chi connectivity index (χ0n) is 12.7. The number of aliphatic hydroxyl groups is 1. The Morgan fingerprint density at radius 3 is 2.16 bits per heavy atom. The first-order valence-corrected chi connectivity index (χ1v) is 7.10. The van der Waals surface area contributed by atoms with Crippen LogP contribution in [-0.2, 0) is 11.0 Å². The fraction of sp³-hybridized carbons (Fsp3) is 0.647. The van der Waals surface area contributed by atoms with Crippen molar-refractivity contribution in [3.05, 3.63) is 29.3 Å². The van der Waals surface area contributed by atoms with Gasteiger partial charge in [0.05, 0.1) is 5.60 Å². The summed E-state index contributed by atoms with van der Waals surface area (Å²) in [6.45, 7) is 11.2. The molecule has 0 bridgehead atoms. The third kappa shape index (κ3) is 3.11. The number of benzene rings is 1. The van der Waals surface area contributed by atoms with Gasteiger partial charge in [0.15, 0.2) is 0 Å². The molecule has 0 spiro atoms. The Morgan fingerprint density at radius 2 is 1.68 bits per heavy atom. The Hall–Kier alpha value is -1.02. The van der Waals surface area contributed by atoms with Gasteiger partial charge < -0.3 is 10.2 Å². The SMILES string of the molecule is CC(C)(C)CC(C)(C)c1ccc(O)c(C2(O)CC2)c1. The molecule has 0 aromatic heterocycles. The molecule has 2 heteroatoms. The molecule has 1 aromatic carbocycles. The van der Waals surface area contributed by atoms with Gasteiger partial charge in [0.25, 0.3) is 0 Å². The molecule has 1 aromatic rings. The van der Waals surface area contributed by atoms with Crippen molar-refractivity contribution in [3.8, 4) is 5.75 Å². The summed E-state index contributed by atoms with van der Waals surface area (Å²) in [4.78, 5) is 0. The smallest absolute Gasteiger partial charge is 0.121 e. The Morgan fingerprint density at radius 1 is 1.11 bits per heavy atom. The van der Waals surface area contributed by atoms with Crippen LogP contribution in [0.25, 0.3) is 0 Å². The molecule has 0 heterocycles.